The quantitative estimate of drug-likeness (QED) is 0.746. The standard InChI is InChI=1S/C9H13ClN2O/c1-3-8-6-11-12(9(8)10)5-4-7(2)13/h6H,3-5H2,1-2H3. The Morgan fingerprint density at radius 3 is 2.85 bits per heavy atom. The summed E-state index contributed by atoms with van der Waals surface area (Å²) < 4.78 is 1.67. The van der Waals surface area contributed by atoms with E-state index in [9.17, 15) is 4.79 Å². The molecule has 0 aliphatic rings. The summed E-state index contributed by atoms with van der Waals surface area (Å²) in [5.74, 6) is 0.157. The lowest BCUT2D eigenvalue weighted by molar-refractivity contribution is -0.117. The van der Waals surface area contributed by atoms with Crippen molar-refractivity contribution < 1.29 is 4.79 Å². The van der Waals surface area contributed by atoms with E-state index in [0.29, 0.717) is 18.1 Å². The van der Waals surface area contributed by atoms with Crippen LogP contribution in [0.1, 0.15) is 25.8 Å². The van der Waals surface area contributed by atoms with E-state index < -0.39 is 0 Å². The highest BCUT2D eigenvalue weighted by molar-refractivity contribution is 6.30. The van der Waals surface area contributed by atoms with Crippen LogP contribution < -0.4 is 0 Å². The van der Waals surface area contributed by atoms with Gasteiger partial charge in [0.25, 0.3) is 0 Å². The zero-order chi connectivity index (χ0) is 9.84. The van der Waals surface area contributed by atoms with Gasteiger partial charge in [0.15, 0.2) is 0 Å². The first-order chi connectivity index (χ1) is 6.15. The Labute approximate surface area is 82.7 Å². The number of aryl methyl sites for hydroxylation is 2. The second kappa shape index (κ2) is 4.42. The summed E-state index contributed by atoms with van der Waals surface area (Å²) in [7, 11) is 0. The van der Waals surface area contributed by atoms with E-state index in [4.69, 9.17) is 11.6 Å². The fourth-order valence-electron chi connectivity index (χ4n) is 1.07. The van der Waals surface area contributed by atoms with Crippen molar-refractivity contribution in [3.63, 3.8) is 0 Å². The fraction of sp³-hybridized carbons (Fsp3) is 0.556. The third kappa shape index (κ3) is 2.56. The lowest BCUT2D eigenvalue weighted by atomic mass is 10.3. The van der Waals surface area contributed by atoms with Crippen molar-refractivity contribution >= 4 is 17.4 Å². The molecule has 0 saturated heterocycles. The number of hydrogen-bond donors (Lipinski definition) is 0. The Morgan fingerprint density at radius 2 is 2.38 bits per heavy atom. The molecule has 0 N–H and O–H groups in total. The number of Topliss-reactive ketones (excluding diaryl/α,β-unsaturated/α-hetero) is 1. The molecular weight excluding hydrogens is 188 g/mol. The summed E-state index contributed by atoms with van der Waals surface area (Å²) in [4.78, 5) is 10.7. The normalized spacial score (nSPS) is 10.4. The highest BCUT2D eigenvalue weighted by atomic mass is 35.5. The third-order valence-electron chi connectivity index (χ3n) is 1.90. The van der Waals surface area contributed by atoms with Gasteiger partial charge in [-0.15, -0.1) is 0 Å². The van der Waals surface area contributed by atoms with Crippen LogP contribution >= 0.6 is 11.6 Å². The molecule has 13 heavy (non-hydrogen) atoms. The van der Waals surface area contributed by atoms with Crippen molar-refractivity contribution in [2.45, 2.75) is 33.2 Å². The second-order valence-corrected chi connectivity index (χ2v) is 3.35. The minimum atomic E-state index is 0.157. The molecule has 0 aliphatic heterocycles. The molecule has 0 aromatic carbocycles. The van der Waals surface area contributed by atoms with Gasteiger partial charge in [0.05, 0.1) is 6.20 Å². The maximum absolute atomic E-state index is 10.7. The molecule has 0 atom stereocenters. The topological polar surface area (TPSA) is 34.9 Å². The number of rotatable bonds is 4. The summed E-state index contributed by atoms with van der Waals surface area (Å²) in [6.07, 6.45) is 3.12. The van der Waals surface area contributed by atoms with E-state index in [1.807, 2.05) is 6.92 Å². The Bertz CT molecular complexity index is 307. The van der Waals surface area contributed by atoms with E-state index in [0.717, 1.165) is 12.0 Å². The van der Waals surface area contributed by atoms with Crippen LogP contribution in [-0.2, 0) is 17.8 Å². The monoisotopic (exact) mass is 200 g/mol. The molecule has 0 amide bonds. The Hall–Kier alpha value is -0.830. The molecule has 1 rings (SSSR count). The molecular formula is C9H13ClN2O. The van der Waals surface area contributed by atoms with Crippen LogP contribution in [0.2, 0.25) is 5.15 Å². The summed E-state index contributed by atoms with van der Waals surface area (Å²) >= 11 is 6.00. The smallest absolute Gasteiger partial charge is 0.131 e. The molecule has 0 radical (unpaired) electrons. The molecule has 0 fully saturated rings. The highest BCUT2D eigenvalue weighted by Gasteiger charge is 2.06. The number of carbonyl (C=O) groups excluding carboxylic acids is 1. The maximum Gasteiger partial charge on any atom is 0.131 e. The molecule has 0 spiro atoms. The van der Waals surface area contributed by atoms with Crippen LogP contribution in [-0.4, -0.2) is 15.6 Å². The van der Waals surface area contributed by atoms with Crippen LogP contribution in [0.25, 0.3) is 0 Å². The molecule has 4 heteroatoms. The van der Waals surface area contributed by atoms with Gasteiger partial charge in [-0.2, -0.15) is 5.10 Å². The lowest BCUT2D eigenvalue weighted by Gasteiger charge is -2.00. The van der Waals surface area contributed by atoms with Gasteiger partial charge in [-0.1, -0.05) is 18.5 Å². The number of aromatic nitrogens is 2. The van der Waals surface area contributed by atoms with E-state index >= 15 is 0 Å². The lowest BCUT2D eigenvalue weighted by Crippen LogP contribution is -2.04. The SMILES string of the molecule is CCc1cnn(CCC(C)=O)c1Cl. The number of hydrogen-bond acceptors (Lipinski definition) is 2. The number of halogens is 1. The number of ketones is 1. The van der Waals surface area contributed by atoms with E-state index in [1.54, 1.807) is 17.8 Å². The Balaban J connectivity index is 2.67. The van der Waals surface area contributed by atoms with Crippen molar-refractivity contribution in [1.29, 1.82) is 0 Å². The molecule has 1 heterocycles. The number of carbonyl (C=O) groups is 1. The zero-order valence-electron chi connectivity index (χ0n) is 7.88. The summed E-state index contributed by atoms with van der Waals surface area (Å²) in [5, 5.41) is 4.75. The molecule has 0 aliphatic carbocycles. The molecule has 1 aromatic rings. The first kappa shape index (κ1) is 10.3. The Morgan fingerprint density at radius 1 is 1.69 bits per heavy atom. The van der Waals surface area contributed by atoms with Crippen LogP contribution in [0.5, 0.6) is 0 Å². The summed E-state index contributed by atoms with van der Waals surface area (Å²) in [6.45, 7) is 4.17. The molecule has 3 nitrogen and oxygen atoms in total. The molecule has 0 bridgehead atoms. The summed E-state index contributed by atoms with van der Waals surface area (Å²) in [6, 6.07) is 0. The van der Waals surface area contributed by atoms with Crippen molar-refractivity contribution in [2.75, 3.05) is 0 Å². The van der Waals surface area contributed by atoms with Gasteiger partial charge in [0, 0.05) is 18.5 Å². The molecule has 72 valence electrons. The van der Waals surface area contributed by atoms with Crippen molar-refractivity contribution in [3.05, 3.63) is 16.9 Å². The van der Waals surface area contributed by atoms with E-state index in [1.165, 1.54) is 0 Å². The van der Waals surface area contributed by atoms with Crippen molar-refractivity contribution in [3.8, 4) is 0 Å². The van der Waals surface area contributed by atoms with Gasteiger partial charge < -0.3 is 0 Å². The largest absolute Gasteiger partial charge is 0.300 e. The second-order valence-electron chi connectivity index (χ2n) is 2.99. The minimum absolute atomic E-state index is 0.157. The van der Waals surface area contributed by atoms with Crippen LogP contribution in [0, 0.1) is 0 Å². The van der Waals surface area contributed by atoms with Gasteiger partial charge in [-0.3, -0.25) is 9.48 Å². The van der Waals surface area contributed by atoms with Crippen LogP contribution in [0.15, 0.2) is 6.20 Å². The molecule has 1 aromatic heterocycles. The fourth-order valence-corrected chi connectivity index (χ4v) is 1.38. The van der Waals surface area contributed by atoms with Gasteiger partial charge in [-0.25, -0.2) is 0 Å². The van der Waals surface area contributed by atoms with Crippen molar-refractivity contribution in [1.82, 2.24) is 9.78 Å². The van der Waals surface area contributed by atoms with Gasteiger partial charge in [0.1, 0.15) is 10.9 Å². The minimum Gasteiger partial charge on any atom is -0.300 e. The van der Waals surface area contributed by atoms with Crippen molar-refractivity contribution in [2.24, 2.45) is 0 Å². The predicted octanol–water partition coefficient (Wildman–Crippen LogP) is 2.08. The van der Waals surface area contributed by atoms with E-state index in [2.05, 4.69) is 5.10 Å². The first-order valence-electron chi connectivity index (χ1n) is 4.34. The molecule has 0 saturated carbocycles. The van der Waals surface area contributed by atoms with Crippen LogP contribution in [0.3, 0.4) is 0 Å². The zero-order valence-corrected chi connectivity index (χ0v) is 8.64. The molecule has 0 unspecified atom stereocenters. The van der Waals surface area contributed by atoms with Gasteiger partial charge in [0.2, 0.25) is 0 Å². The van der Waals surface area contributed by atoms with E-state index in [-0.39, 0.29) is 5.78 Å². The summed E-state index contributed by atoms with van der Waals surface area (Å²) in [5.41, 5.74) is 1.03. The Kier molecular flexibility index (Phi) is 3.48. The maximum atomic E-state index is 10.7. The first-order valence-corrected chi connectivity index (χ1v) is 4.72. The van der Waals surface area contributed by atoms with Gasteiger partial charge in [-0.05, 0) is 13.3 Å². The average Bonchev–Trinajstić information content (AvgIpc) is 2.43. The highest BCUT2D eigenvalue weighted by Crippen LogP contribution is 2.15. The predicted molar refractivity (Wildman–Crippen MR) is 51.9 cm³/mol. The van der Waals surface area contributed by atoms with Gasteiger partial charge >= 0.3 is 0 Å². The average molecular weight is 201 g/mol. The third-order valence-corrected chi connectivity index (χ3v) is 2.34. The number of nitrogens with zero attached hydrogens (tertiary/aromatic N) is 2. The van der Waals surface area contributed by atoms with Crippen LogP contribution in [0.4, 0.5) is 0 Å².